The summed E-state index contributed by atoms with van der Waals surface area (Å²) >= 11 is 3.50. The highest BCUT2D eigenvalue weighted by Gasteiger charge is 2.36. The molecular formula is C11H16BrN3. The van der Waals surface area contributed by atoms with Crippen molar-refractivity contribution in [3.63, 3.8) is 0 Å². The zero-order valence-corrected chi connectivity index (χ0v) is 10.6. The van der Waals surface area contributed by atoms with Gasteiger partial charge in [-0.05, 0) is 31.6 Å². The number of aromatic nitrogens is 3. The number of hydrogen-bond donors (Lipinski definition) is 0. The van der Waals surface area contributed by atoms with Crippen LogP contribution in [0.1, 0.15) is 56.2 Å². The summed E-state index contributed by atoms with van der Waals surface area (Å²) in [6.07, 6.45) is 5.22. The fraction of sp³-hybridized carbons (Fsp3) is 0.818. The summed E-state index contributed by atoms with van der Waals surface area (Å²) in [7, 11) is 0. The lowest BCUT2D eigenvalue weighted by Gasteiger charge is -2.32. The lowest BCUT2D eigenvalue weighted by atomic mass is 9.75. The topological polar surface area (TPSA) is 30.7 Å². The van der Waals surface area contributed by atoms with E-state index >= 15 is 0 Å². The fourth-order valence-electron chi connectivity index (χ4n) is 2.55. The van der Waals surface area contributed by atoms with E-state index in [1.807, 2.05) is 0 Å². The maximum Gasteiger partial charge on any atom is 0.143 e. The molecule has 1 aromatic rings. The second-order valence-corrected chi connectivity index (χ2v) is 5.54. The zero-order chi connectivity index (χ0) is 10.4. The number of hydrogen-bond acceptors (Lipinski definition) is 2. The summed E-state index contributed by atoms with van der Waals surface area (Å²) in [5.41, 5.74) is 0. The summed E-state index contributed by atoms with van der Waals surface area (Å²) in [5, 5.41) is 9.51. The van der Waals surface area contributed by atoms with Gasteiger partial charge < -0.3 is 4.57 Å². The molecule has 0 bridgehead atoms. The summed E-state index contributed by atoms with van der Waals surface area (Å²) in [5.74, 6) is 3.93. The molecule has 0 aromatic carbocycles. The van der Waals surface area contributed by atoms with E-state index in [0.717, 1.165) is 17.1 Å². The van der Waals surface area contributed by atoms with Crippen molar-refractivity contribution in [2.75, 3.05) is 0 Å². The van der Waals surface area contributed by atoms with Crippen molar-refractivity contribution in [1.29, 1.82) is 0 Å². The second-order valence-electron chi connectivity index (χ2n) is 4.98. The van der Waals surface area contributed by atoms with Crippen molar-refractivity contribution >= 4 is 15.9 Å². The van der Waals surface area contributed by atoms with E-state index in [2.05, 4.69) is 37.6 Å². The summed E-state index contributed by atoms with van der Waals surface area (Å²) in [6.45, 7) is 2.32. The first-order valence-corrected chi connectivity index (χ1v) is 6.91. The molecule has 15 heavy (non-hydrogen) atoms. The first kappa shape index (κ1) is 9.82. The third kappa shape index (κ3) is 1.63. The molecule has 82 valence electrons. The van der Waals surface area contributed by atoms with Crippen LogP contribution in [-0.2, 0) is 5.33 Å². The zero-order valence-electron chi connectivity index (χ0n) is 8.99. The molecule has 3 rings (SSSR count). The Labute approximate surface area is 98.4 Å². The molecule has 1 heterocycles. The van der Waals surface area contributed by atoms with Crippen LogP contribution in [0.25, 0.3) is 0 Å². The molecule has 0 spiro atoms. The number of nitrogens with zero attached hydrogens (tertiary/aromatic N) is 3. The fourth-order valence-corrected chi connectivity index (χ4v) is 2.93. The maximum absolute atomic E-state index is 4.39. The van der Waals surface area contributed by atoms with Crippen molar-refractivity contribution < 1.29 is 0 Å². The molecule has 0 saturated heterocycles. The lowest BCUT2D eigenvalue weighted by Crippen LogP contribution is -2.22. The Hall–Kier alpha value is -0.380. The molecule has 0 radical (unpaired) electrons. The highest BCUT2D eigenvalue weighted by molar-refractivity contribution is 9.08. The van der Waals surface area contributed by atoms with Crippen LogP contribution in [0.15, 0.2) is 0 Å². The molecule has 0 atom stereocenters. The van der Waals surface area contributed by atoms with Crippen LogP contribution in [0.2, 0.25) is 0 Å². The van der Waals surface area contributed by atoms with Crippen molar-refractivity contribution in [3.05, 3.63) is 11.6 Å². The van der Waals surface area contributed by atoms with E-state index in [1.54, 1.807) is 0 Å². The Bertz CT molecular complexity index is 364. The Balaban J connectivity index is 1.89. The van der Waals surface area contributed by atoms with E-state index in [1.165, 1.54) is 31.5 Å². The van der Waals surface area contributed by atoms with Gasteiger partial charge in [0.05, 0.1) is 5.33 Å². The minimum absolute atomic E-state index is 0.681. The van der Waals surface area contributed by atoms with E-state index in [9.17, 15) is 0 Å². The van der Waals surface area contributed by atoms with Crippen LogP contribution in [0.4, 0.5) is 0 Å². The third-order valence-electron chi connectivity index (χ3n) is 3.56. The lowest BCUT2D eigenvalue weighted by molar-refractivity contribution is 0.271. The van der Waals surface area contributed by atoms with Gasteiger partial charge in [-0.3, -0.25) is 0 Å². The van der Waals surface area contributed by atoms with Gasteiger partial charge in [0.25, 0.3) is 0 Å². The van der Waals surface area contributed by atoms with Gasteiger partial charge in [-0.2, -0.15) is 0 Å². The Morgan fingerprint density at radius 1 is 1.33 bits per heavy atom. The number of halogens is 1. The average Bonchev–Trinajstić information content (AvgIpc) is 2.94. The highest BCUT2D eigenvalue weighted by Crippen LogP contribution is 2.44. The van der Waals surface area contributed by atoms with Crippen molar-refractivity contribution in [2.24, 2.45) is 5.92 Å². The standard InChI is InChI=1S/C11H16BrN3/c1-7-4-8(5-7)11-14-13-10(6-12)15(11)9-2-3-9/h7-9H,2-6H2,1H3. The molecule has 2 aliphatic carbocycles. The molecule has 2 aliphatic rings. The van der Waals surface area contributed by atoms with Crippen LogP contribution in [0.3, 0.4) is 0 Å². The molecule has 1 aromatic heterocycles. The molecule has 0 amide bonds. The van der Waals surface area contributed by atoms with Crippen molar-refractivity contribution in [3.8, 4) is 0 Å². The van der Waals surface area contributed by atoms with Crippen LogP contribution >= 0.6 is 15.9 Å². The van der Waals surface area contributed by atoms with Crippen LogP contribution in [0.5, 0.6) is 0 Å². The van der Waals surface area contributed by atoms with Gasteiger partial charge in [-0.25, -0.2) is 0 Å². The van der Waals surface area contributed by atoms with Gasteiger partial charge in [-0.15, -0.1) is 10.2 Å². The van der Waals surface area contributed by atoms with Gasteiger partial charge in [0, 0.05) is 12.0 Å². The minimum Gasteiger partial charge on any atom is -0.311 e. The van der Waals surface area contributed by atoms with Crippen LogP contribution in [0, 0.1) is 5.92 Å². The second kappa shape index (κ2) is 3.58. The van der Waals surface area contributed by atoms with Gasteiger partial charge in [0.2, 0.25) is 0 Å². The largest absolute Gasteiger partial charge is 0.311 e. The summed E-state index contributed by atoms with van der Waals surface area (Å²) < 4.78 is 2.39. The van der Waals surface area contributed by atoms with Crippen LogP contribution < -0.4 is 0 Å². The minimum atomic E-state index is 0.681. The molecule has 0 N–H and O–H groups in total. The average molecular weight is 270 g/mol. The summed E-state index contributed by atoms with van der Waals surface area (Å²) in [4.78, 5) is 0. The van der Waals surface area contributed by atoms with Crippen LogP contribution in [-0.4, -0.2) is 14.8 Å². The van der Waals surface area contributed by atoms with Crippen molar-refractivity contribution in [2.45, 2.75) is 49.9 Å². The molecule has 2 fully saturated rings. The molecule has 0 aliphatic heterocycles. The molecular weight excluding hydrogens is 254 g/mol. The first-order valence-electron chi connectivity index (χ1n) is 5.79. The van der Waals surface area contributed by atoms with E-state index < -0.39 is 0 Å². The predicted molar refractivity (Wildman–Crippen MR) is 62.1 cm³/mol. The maximum atomic E-state index is 4.39. The Morgan fingerprint density at radius 2 is 2.07 bits per heavy atom. The normalized spacial score (nSPS) is 30.3. The monoisotopic (exact) mass is 269 g/mol. The molecule has 2 saturated carbocycles. The third-order valence-corrected chi connectivity index (χ3v) is 4.06. The van der Waals surface area contributed by atoms with E-state index in [0.29, 0.717) is 12.0 Å². The molecule has 3 nitrogen and oxygen atoms in total. The number of rotatable bonds is 3. The van der Waals surface area contributed by atoms with E-state index in [-0.39, 0.29) is 0 Å². The molecule has 0 unspecified atom stereocenters. The van der Waals surface area contributed by atoms with Crippen molar-refractivity contribution in [1.82, 2.24) is 14.8 Å². The number of alkyl halides is 1. The predicted octanol–water partition coefficient (Wildman–Crippen LogP) is 3.02. The van der Waals surface area contributed by atoms with Gasteiger partial charge in [0.1, 0.15) is 11.6 Å². The smallest absolute Gasteiger partial charge is 0.143 e. The Kier molecular flexibility index (Phi) is 2.34. The SMILES string of the molecule is CC1CC(c2nnc(CBr)n2C2CC2)C1. The van der Waals surface area contributed by atoms with Gasteiger partial charge in [0.15, 0.2) is 0 Å². The molecule has 4 heteroatoms. The van der Waals surface area contributed by atoms with E-state index in [4.69, 9.17) is 0 Å². The van der Waals surface area contributed by atoms with Gasteiger partial charge >= 0.3 is 0 Å². The first-order chi connectivity index (χ1) is 7.29. The highest BCUT2D eigenvalue weighted by atomic mass is 79.9. The Morgan fingerprint density at radius 3 is 2.60 bits per heavy atom. The van der Waals surface area contributed by atoms with Gasteiger partial charge in [-0.1, -0.05) is 22.9 Å². The summed E-state index contributed by atoms with van der Waals surface area (Å²) in [6, 6.07) is 0.707. The quantitative estimate of drug-likeness (QED) is 0.790.